The number of anilines is 1. The van der Waals surface area contributed by atoms with E-state index in [1.807, 2.05) is 43.3 Å². The number of carbonyl (C=O) groups excluding carboxylic acids is 2. The standard InChI is InChI=1S/C23H31N5O2/c1-17-4-6-20(7-5-17)21(26-18(2)29)15-23(30)25-16-19-8-9-24-22(14-19)28-12-10-27(3)11-13-28/h4-9,14,21H,10-13,15-16H2,1-3H3,(H,25,30)(H,26,29). The van der Waals surface area contributed by atoms with Gasteiger partial charge in [-0.1, -0.05) is 29.8 Å². The highest BCUT2D eigenvalue weighted by atomic mass is 16.2. The number of rotatable bonds is 7. The Morgan fingerprint density at radius 3 is 2.47 bits per heavy atom. The molecular formula is C23H31N5O2. The van der Waals surface area contributed by atoms with E-state index in [0.717, 1.165) is 48.7 Å². The minimum Gasteiger partial charge on any atom is -0.354 e. The molecule has 7 heteroatoms. The summed E-state index contributed by atoms with van der Waals surface area (Å²) in [6.07, 6.45) is 1.99. The van der Waals surface area contributed by atoms with Crippen LogP contribution in [0.4, 0.5) is 5.82 Å². The Morgan fingerprint density at radius 1 is 1.10 bits per heavy atom. The molecule has 3 rings (SSSR count). The minimum absolute atomic E-state index is 0.104. The monoisotopic (exact) mass is 409 g/mol. The molecule has 1 aliphatic heterocycles. The molecule has 0 radical (unpaired) electrons. The molecule has 1 saturated heterocycles. The maximum absolute atomic E-state index is 12.6. The lowest BCUT2D eigenvalue weighted by Crippen LogP contribution is -2.44. The predicted molar refractivity (Wildman–Crippen MR) is 118 cm³/mol. The van der Waals surface area contributed by atoms with Gasteiger partial charge in [-0.05, 0) is 37.2 Å². The molecule has 0 saturated carbocycles. The third kappa shape index (κ3) is 6.29. The Kier molecular flexibility index (Phi) is 7.41. The van der Waals surface area contributed by atoms with E-state index in [1.54, 1.807) is 6.20 Å². The smallest absolute Gasteiger partial charge is 0.222 e. The first-order valence-electron chi connectivity index (χ1n) is 10.4. The van der Waals surface area contributed by atoms with Crippen molar-refractivity contribution in [1.29, 1.82) is 0 Å². The highest BCUT2D eigenvalue weighted by Crippen LogP contribution is 2.18. The minimum atomic E-state index is -0.346. The molecule has 0 aliphatic carbocycles. The maximum atomic E-state index is 12.6. The van der Waals surface area contributed by atoms with Crippen LogP contribution in [0.25, 0.3) is 0 Å². The first kappa shape index (κ1) is 21.8. The van der Waals surface area contributed by atoms with Gasteiger partial charge in [0, 0.05) is 45.8 Å². The van der Waals surface area contributed by atoms with E-state index in [-0.39, 0.29) is 24.3 Å². The molecule has 2 aromatic rings. The van der Waals surface area contributed by atoms with Gasteiger partial charge in [-0.2, -0.15) is 0 Å². The summed E-state index contributed by atoms with van der Waals surface area (Å²) in [7, 11) is 2.13. The van der Waals surface area contributed by atoms with Gasteiger partial charge in [-0.15, -0.1) is 0 Å². The highest BCUT2D eigenvalue weighted by molar-refractivity contribution is 5.79. The Balaban J connectivity index is 1.58. The van der Waals surface area contributed by atoms with E-state index < -0.39 is 0 Å². The number of pyridine rings is 1. The van der Waals surface area contributed by atoms with Crippen LogP contribution >= 0.6 is 0 Å². The van der Waals surface area contributed by atoms with E-state index in [1.165, 1.54) is 6.92 Å². The first-order valence-corrected chi connectivity index (χ1v) is 10.4. The number of nitrogens with one attached hydrogen (secondary N) is 2. The molecule has 1 aromatic heterocycles. The Hall–Kier alpha value is -2.93. The molecule has 0 spiro atoms. The van der Waals surface area contributed by atoms with Gasteiger partial charge in [0.25, 0.3) is 0 Å². The lowest BCUT2D eigenvalue weighted by atomic mass is 10.0. The van der Waals surface area contributed by atoms with Crippen LogP contribution in [0.15, 0.2) is 42.6 Å². The van der Waals surface area contributed by atoms with Crippen molar-refractivity contribution in [3.05, 3.63) is 59.3 Å². The number of likely N-dealkylation sites (N-methyl/N-ethyl adjacent to an activating group) is 1. The van der Waals surface area contributed by atoms with Crippen molar-refractivity contribution in [2.24, 2.45) is 0 Å². The number of carbonyl (C=O) groups is 2. The largest absolute Gasteiger partial charge is 0.354 e. The number of amides is 2. The first-order chi connectivity index (χ1) is 14.4. The molecule has 2 heterocycles. The van der Waals surface area contributed by atoms with Crippen molar-refractivity contribution in [3.8, 4) is 0 Å². The van der Waals surface area contributed by atoms with Gasteiger partial charge < -0.3 is 20.4 Å². The summed E-state index contributed by atoms with van der Waals surface area (Å²) >= 11 is 0. The molecule has 1 atom stereocenters. The normalized spacial score (nSPS) is 15.5. The molecule has 30 heavy (non-hydrogen) atoms. The molecule has 160 valence electrons. The van der Waals surface area contributed by atoms with Crippen molar-refractivity contribution in [3.63, 3.8) is 0 Å². The van der Waals surface area contributed by atoms with E-state index >= 15 is 0 Å². The van der Waals surface area contributed by atoms with Crippen LogP contribution in [0.3, 0.4) is 0 Å². The van der Waals surface area contributed by atoms with Crippen LogP contribution in [0.2, 0.25) is 0 Å². The summed E-state index contributed by atoms with van der Waals surface area (Å²) < 4.78 is 0. The Labute approximate surface area is 178 Å². The lowest BCUT2D eigenvalue weighted by molar-refractivity contribution is -0.122. The van der Waals surface area contributed by atoms with Crippen LogP contribution in [-0.4, -0.2) is 54.9 Å². The van der Waals surface area contributed by atoms with Crippen molar-refractivity contribution in [2.45, 2.75) is 32.9 Å². The topological polar surface area (TPSA) is 77.6 Å². The number of aryl methyl sites for hydroxylation is 1. The number of nitrogens with zero attached hydrogens (tertiary/aromatic N) is 3. The Morgan fingerprint density at radius 2 is 1.80 bits per heavy atom. The molecule has 1 aromatic carbocycles. The maximum Gasteiger partial charge on any atom is 0.222 e. The lowest BCUT2D eigenvalue weighted by Gasteiger charge is -2.33. The number of aromatic nitrogens is 1. The second-order valence-corrected chi connectivity index (χ2v) is 7.96. The molecule has 2 amide bonds. The second kappa shape index (κ2) is 10.2. The fourth-order valence-corrected chi connectivity index (χ4v) is 3.53. The molecule has 2 N–H and O–H groups in total. The van der Waals surface area contributed by atoms with Gasteiger partial charge in [-0.3, -0.25) is 9.59 Å². The van der Waals surface area contributed by atoms with Crippen molar-refractivity contribution in [2.75, 3.05) is 38.1 Å². The van der Waals surface area contributed by atoms with Gasteiger partial charge in [-0.25, -0.2) is 4.98 Å². The number of piperazine rings is 1. The van der Waals surface area contributed by atoms with Gasteiger partial charge in [0.05, 0.1) is 12.5 Å². The zero-order valence-corrected chi connectivity index (χ0v) is 18.0. The predicted octanol–water partition coefficient (Wildman–Crippen LogP) is 2.03. The van der Waals surface area contributed by atoms with Crippen LogP contribution < -0.4 is 15.5 Å². The molecule has 0 bridgehead atoms. The third-order valence-corrected chi connectivity index (χ3v) is 5.37. The van der Waals surface area contributed by atoms with Gasteiger partial charge >= 0.3 is 0 Å². The van der Waals surface area contributed by atoms with Crippen molar-refractivity contribution in [1.82, 2.24) is 20.5 Å². The van der Waals surface area contributed by atoms with Crippen LogP contribution in [-0.2, 0) is 16.1 Å². The van der Waals surface area contributed by atoms with E-state index in [4.69, 9.17) is 0 Å². The number of hydrogen-bond donors (Lipinski definition) is 2. The average Bonchev–Trinajstić information content (AvgIpc) is 2.73. The Bertz CT molecular complexity index is 860. The zero-order chi connectivity index (χ0) is 21.5. The summed E-state index contributed by atoms with van der Waals surface area (Å²) in [6, 6.07) is 11.5. The zero-order valence-electron chi connectivity index (χ0n) is 18.0. The highest BCUT2D eigenvalue weighted by Gasteiger charge is 2.18. The fourth-order valence-electron chi connectivity index (χ4n) is 3.53. The van der Waals surface area contributed by atoms with E-state index in [2.05, 4.69) is 32.5 Å². The third-order valence-electron chi connectivity index (χ3n) is 5.37. The van der Waals surface area contributed by atoms with Crippen LogP contribution in [0.5, 0.6) is 0 Å². The summed E-state index contributed by atoms with van der Waals surface area (Å²) in [5.41, 5.74) is 3.07. The van der Waals surface area contributed by atoms with Crippen LogP contribution in [0.1, 0.15) is 36.1 Å². The fraction of sp³-hybridized carbons (Fsp3) is 0.435. The van der Waals surface area contributed by atoms with Crippen molar-refractivity contribution < 1.29 is 9.59 Å². The van der Waals surface area contributed by atoms with Gasteiger partial charge in [0.15, 0.2) is 0 Å². The quantitative estimate of drug-likeness (QED) is 0.732. The van der Waals surface area contributed by atoms with Crippen LogP contribution in [0, 0.1) is 6.92 Å². The summed E-state index contributed by atoms with van der Waals surface area (Å²) in [6.45, 7) is 7.86. The second-order valence-electron chi connectivity index (χ2n) is 7.96. The van der Waals surface area contributed by atoms with E-state index in [0.29, 0.717) is 6.54 Å². The number of hydrogen-bond acceptors (Lipinski definition) is 5. The van der Waals surface area contributed by atoms with Gasteiger partial charge in [0.2, 0.25) is 11.8 Å². The SMILES string of the molecule is CC(=O)NC(CC(=O)NCc1ccnc(N2CCN(C)CC2)c1)c1ccc(C)cc1. The average molecular weight is 410 g/mol. The van der Waals surface area contributed by atoms with Crippen molar-refractivity contribution >= 4 is 17.6 Å². The summed E-state index contributed by atoms with van der Waals surface area (Å²) in [5.74, 6) is 0.692. The molecule has 1 unspecified atom stereocenters. The number of benzene rings is 1. The van der Waals surface area contributed by atoms with Gasteiger partial charge in [0.1, 0.15) is 5.82 Å². The molecule has 1 aliphatic rings. The summed E-state index contributed by atoms with van der Waals surface area (Å²) in [5, 5.41) is 5.86. The summed E-state index contributed by atoms with van der Waals surface area (Å²) in [4.78, 5) is 33.3. The molecule has 1 fully saturated rings. The van der Waals surface area contributed by atoms with E-state index in [9.17, 15) is 9.59 Å². The molecule has 7 nitrogen and oxygen atoms in total. The molecular weight excluding hydrogens is 378 g/mol.